The number of thiophene rings is 2. The van der Waals surface area contributed by atoms with E-state index >= 15 is 0 Å². The third-order valence-electron chi connectivity index (χ3n) is 10.9. The fraction of sp³-hybridized carbons (Fsp3) is 0.620. The van der Waals surface area contributed by atoms with Crippen molar-refractivity contribution in [3.05, 3.63) is 73.0 Å². The number of nitrogens with one attached hydrogen (secondary N) is 1. The van der Waals surface area contributed by atoms with Crippen molar-refractivity contribution in [2.45, 2.75) is 147 Å². The van der Waals surface area contributed by atoms with Gasteiger partial charge in [0.25, 0.3) is 0 Å². The zero-order chi connectivity index (χ0) is 49.5. The monoisotopic (exact) mass is 1370 g/mol. The number of ether oxygens (including phenoxy) is 4. The molecular weight excluding hydrogens is 1300 g/mol. The Kier molecular flexibility index (Phi) is 28.1. The third kappa shape index (κ3) is 26.6. The second kappa shape index (κ2) is 31.1. The van der Waals surface area contributed by atoms with Crippen LogP contribution in [0.25, 0.3) is 0 Å². The Hall–Kier alpha value is -0.640. The van der Waals surface area contributed by atoms with Crippen LogP contribution in [0.2, 0.25) is 0 Å². The summed E-state index contributed by atoms with van der Waals surface area (Å²) in [5, 5.41) is 47.9. The number of carboxylic acids is 1. The zero-order valence-corrected chi connectivity index (χ0v) is 49.4. The van der Waals surface area contributed by atoms with Gasteiger partial charge in [-0.2, -0.15) is 0 Å². The molecule has 7 rings (SSSR count). The van der Waals surface area contributed by atoms with E-state index in [4.69, 9.17) is 24.1 Å². The minimum Gasteiger partial charge on any atom is -0.547 e. The van der Waals surface area contributed by atoms with Crippen LogP contribution in [0.5, 0.6) is 0 Å². The summed E-state index contributed by atoms with van der Waals surface area (Å²) in [4.78, 5) is 12.4. The summed E-state index contributed by atoms with van der Waals surface area (Å²) in [6.07, 6.45) is 7.91. The maximum Gasteiger partial charge on any atom is 0.118 e. The van der Waals surface area contributed by atoms with Gasteiger partial charge >= 0.3 is 50.5 Å². The average Bonchev–Trinajstić information content (AvgIpc) is 4.14. The number of carboxylic acid groups (broad SMARTS) is 1. The van der Waals surface area contributed by atoms with Gasteiger partial charge < -0.3 is 55.2 Å². The Labute approximate surface area is 445 Å². The summed E-state index contributed by atoms with van der Waals surface area (Å²) in [5.74, 6) is 11.4. The third-order valence-corrected chi connectivity index (χ3v) is 13.4. The summed E-state index contributed by atoms with van der Waals surface area (Å²) >= 11 is 12.0. The van der Waals surface area contributed by atoms with E-state index in [9.17, 15) is 20.1 Å². The van der Waals surface area contributed by atoms with Crippen LogP contribution in [0, 0.1) is 34.5 Å². The molecule has 2 aromatic heterocycles. The van der Waals surface area contributed by atoms with E-state index in [1.165, 1.54) is 12.1 Å². The molecule has 3 aromatic rings. The van der Waals surface area contributed by atoms with Crippen molar-refractivity contribution < 1.29 is 63.2 Å². The number of carbonyl (C=O) groups is 1. The number of hydrogen-bond acceptors (Lipinski definition) is 12. The largest absolute Gasteiger partial charge is 0.547 e. The van der Waals surface area contributed by atoms with Crippen LogP contribution < -0.4 is 29.4 Å². The Balaban J connectivity index is 0.000000248. The molecule has 17 heteroatoms. The quantitative estimate of drug-likeness (QED) is 0.122. The maximum atomic E-state index is 10.8. The van der Waals surface area contributed by atoms with Crippen LogP contribution in [0.1, 0.15) is 127 Å². The minimum absolute atomic E-state index is 0.0259. The fourth-order valence-electron chi connectivity index (χ4n) is 7.00. The van der Waals surface area contributed by atoms with Crippen molar-refractivity contribution in [2.24, 2.45) is 10.8 Å². The molecule has 0 bridgehead atoms. The van der Waals surface area contributed by atoms with Gasteiger partial charge in [0, 0.05) is 63.8 Å². The molecule has 4 fully saturated rings. The molecule has 0 unspecified atom stereocenters. The molecule has 0 radical (unpaired) electrons. The van der Waals surface area contributed by atoms with Crippen molar-refractivity contribution in [1.29, 1.82) is 0 Å². The first-order valence-corrected chi connectivity index (χ1v) is 37.8. The molecule has 2 aliphatic heterocycles. The number of aliphatic hydroxyl groups excluding tert-OH is 1. The van der Waals surface area contributed by atoms with Gasteiger partial charge in [0.2, 0.25) is 0 Å². The minimum atomic E-state index is -1.52. The van der Waals surface area contributed by atoms with Gasteiger partial charge in [0.1, 0.15) is 6.10 Å². The number of hydrogen-bond donors (Lipinski definition) is 5. The molecule has 4 heterocycles. The second-order valence-electron chi connectivity index (χ2n) is 19.4. The summed E-state index contributed by atoms with van der Waals surface area (Å²) < 4.78 is 23.2. The van der Waals surface area contributed by atoms with Gasteiger partial charge in [0.15, 0.2) is 0 Å². The van der Waals surface area contributed by atoms with E-state index in [0.29, 0.717) is 57.3 Å². The van der Waals surface area contributed by atoms with Crippen molar-refractivity contribution >= 4 is 87.5 Å². The molecule has 11 nitrogen and oxygen atoms in total. The Morgan fingerprint density at radius 3 is 1.73 bits per heavy atom. The summed E-state index contributed by atoms with van der Waals surface area (Å²) in [6.45, 7) is 16.5. The number of rotatable bonds is 10. The van der Waals surface area contributed by atoms with Crippen molar-refractivity contribution in [1.82, 2.24) is 0 Å². The molecule has 0 spiro atoms. The summed E-state index contributed by atoms with van der Waals surface area (Å²) in [5.41, 5.74) is 4.35. The van der Waals surface area contributed by atoms with E-state index in [-0.39, 0.29) is 23.0 Å². The number of halogens is 4. The number of aliphatic hydroxyl groups is 3. The van der Waals surface area contributed by atoms with Gasteiger partial charge in [-0.25, -0.2) is 0 Å². The molecule has 67 heavy (non-hydrogen) atoms. The molecule has 0 amide bonds. The van der Waals surface area contributed by atoms with Crippen LogP contribution in [0.4, 0.5) is 5.69 Å². The predicted molar refractivity (Wildman–Crippen MR) is 285 cm³/mol. The number of aliphatic carboxylic acids is 1. The first kappa shape index (κ1) is 60.7. The molecule has 2 saturated heterocycles. The van der Waals surface area contributed by atoms with E-state index < -0.39 is 23.3 Å². The predicted octanol–water partition coefficient (Wildman–Crippen LogP) is 5.90. The Morgan fingerprint density at radius 1 is 0.851 bits per heavy atom. The van der Waals surface area contributed by atoms with E-state index in [1.807, 2.05) is 11.4 Å². The smallest absolute Gasteiger partial charge is 0.118 e. The van der Waals surface area contributed by atoms with Crippen molar-refractivity contribution in [2.75, 3.05) is 45.0 Å². The Morgan fingerprint density at radius 2 is 1.31 bits per heavy atom. The van der Waals surface area contributed by atoms with Crippen LogP contribution in [-0.2, 0) is 23.7 Å². The molecule has 2 saturated carbocycles. The van der Waals surface area contributed by atoms with Gasteiger partial charge in [-0.05, 0) is 127 Å². The van der Waals surface area contributed by atoms with E-state index in [1.54, 1.807) is 40.9 Å². The summed E-state index contributed by atoms with van der Waals surface area (Å²) in [7, 11) is 0. The Bertz CT molecular complexity index is 1980. The SMILES string of the molecule is CC(C)(C)C#Cc1cc(Br)cs1.CC(C)(C)C#Cc1cc(NC2CCC(O)(CO[C@H]3CCOC3)CC2)cs1.I[I-]I.O=C([O-])[C@@H](O)c1ccccc1.[NH3+]C1CCC(O)(CO[C@H]2CCOC2)CC1. The first-order chi connectivity index (χ1) is 31.6. The number of carbonyl (C=O) groups excluding carboxylic acids is 1. The standard InChI is InChI=1S/C21H31NO3S.C11H21NO3.C10H11BrS.C8H8O3.I3/c1-20(2,3)8-6-19-12-17(14-26-19)22-16-4-9-21(23,10-5-16)15-25-18-7-11-24-13-18;12-9-1-4-11(13,5-2-9)8-15-10-3-6-14-7-10;1-10(2,3)5-4-9-6-8(11)7-12-9;9-7(8(10)11)6-4-2-1-3-5-6;1-3-2/h12,14,16,18,22-23H,4-5,7,9-11,13,15H2,1-3H3;9-10,13H,1-8,12H2;6-7H,1-3H3;1-5,7,9H,(H,10,11);/q;;;;-1/t16?,18-,21?;9?,10-,11?;;7-;/m00.0./s1. The molecule has 7 N–H and O–H groups in total. The number of quaternary nitrogens is 1. The van der Waals surface area contributed by atoms with Crippen LogP contribution >= 0.6 is 75.8 Å². The second-order valence-corrected chi connectivity index (χ2v) is 38.4. The van der Waals surface area contributed by atoms with Crippen LogP contribution in [0.15, 0.2) is 57.7 Å². The van der Waals surface area contributed by atoms with Gasteiger partial charge in [-0.15, -0.1) is 22.7 Å². The molecule has 3 atom stereocenters. The van der Waals surface area contributed by atoms with Crippen molar-refractivity contribution in [3.8, 4) is 23.7 Å². The molecule has 376 valence electrons. The molecule has 2 aliphatic carbocycles. The molecule has 1 aromatic carbocycles. The molecular formula is C50H71BrI3N2O9S2-. The van der Waals surface area contributed by atoms with Crippen LogP contribution in [-0.4, -0.2) is 96.4 Å². The fourth-order valence-corrected chi connectivity index (χ4v) is 8.97. The van der Waals surface area contributed by atoms with E-state index in [0.717, 1.165) is 97.3 Å². The zero-order valence-electron chi connectivity index (χ0n) is 39.7. The normalized spacial score (nSPS) is 25.0. The topological polar surface area (TPSA) is 177 Å². The summed E-state index contributed by atoms with van der Waals surface area (Å²) in [6, 6.07) is 13.2. The van der Waals surface area contributed by atoms with Gasteiger partial charge in [-0.3, -0.25) is 0 Å². The first-order valence-electron chi connectivity index (χ1n) is 22.7. The maximum absolute atomic E-state index is 10.8. The van der Waals surface area contributed by atoms with Gasteiger partial charge in [0.05, 0.1) is 71.6 Å². The van der Waals surface area contributed by atoms with Gasteiger partial charge in [-0.1, -0.05) is 54.0 Å². The van der Waals surface area contributed by atoms with Crippen LogP contribution in [0.3, 0.4) is 0 Å². The number of anilines is 1. The molecule has 4 aliphatic rings. The average molecular weight is 1370 g/mol. The van der Waals surface area contributed by atoms with Crippen molar-refractivity contribution in [3.63, 3.8) is 0 Å². The van der Waals surface area contributed by atoms with E-state index in [2.05, 4.69) is 141 Å². The number of benzene rings is 1.